The van der Waals surface area contributed by atoms with Crippen LogP contribution in [0.25, 0.3) is 16.5 Å². The number of fused-ring (bicyclic) bond motifs is 1. The fraction of sp³-hybridized carbons (Fsp3) is 0.105. The van der Waals surface area contributed by atoms with Gasteiger partial charge in [-0.2, -0.15) is 35.0 Å². The molecule has 366 valence electrons. The first kappa shape index (κ1) is 51.0. The van der Waals surface area contributed by atoms with Crippen molar-refractivity contribution in [2.75, 3.05) is 26.4 Å². The van der Waals surface area contributed by atoms with Crippen LogP contribution in [-0.2, 0) is 30.4 Å². The molecule has 0 amide bonds. The summed E-state index contributed by atoms with van der Waals surface area (Å²) in [6, 6.07) is 10.8. The molecule has 6 rings (SSSR count). The average molecular weight is 1030 g/mol. The fourth-order valence-corrected chi connectivity index (χ4v) is 7.72. The molecule has 0 radical (unpaired) electrons. The van der Waals surface area contributed by atoms with Gasteiger partial charge in [0.1, 0.15) is 58.0 Å². The van der Waals surface area contributed by atoms with Crippen LogP contribution < -0.4 is 9.47 Å². The van der Waals surface area contributed by atoms with E-state index in [2.05, 4.69) is 35.8 Å². The maximum atomic E-state index is 12.9. The fourth-order valence-electron chi connectivity index (χ4n) is 6.06. The van der Waals surface area contributed by atoms with Crippen molar-refractivity contribution in [3.8, 4) is 28.8 Å². The first-order valence-corrected chi connectivity index (χ1v) is 23.1. The van der Waals surface area contributed by atoms with E-state index in [1.54, 1.807) is 0 Å². The Hall–Kier alpha value is -8.37. The molecule has 0 unspecified atom stereocenters. The van der Waals surface area contributed by atoms with Crippen LogP contribution >= 0.6 is 0 Å². The van der Waals surface area contributed by atoms with E-state index >= 15 is 0 Å². The van der Waals surface area contributed by atoms with Gasteiger partial charge in [-0.25, -0.2) is 14.4 Å². The van der Waals surface area contributed by atoms with Gasteiger partial charge < -0.3 is 45.2 Å². The van der Waals surface area contributed by atoms with E-state index in [1.165, 1.54) is 12.1 Å². The van der Waals surface area contributed by atoms with Crippen molar-refractivity contribution in [2.45, 2.75) is 14.7 Å². The molecule has 32 heteroatoms. The molecule has 1 heterocycles. The number of phenolic OH excluding ortho intramolecular Hbond substituents is 1. The molecule has 1 aromatic heterocycles. The predicted molar refractivity (Wildman–Crippen MR) is 232 cm³/mol. The van der Waals surface area contributed by atoms with E-state index in [9.17, 15) is 89.0 Å². The number of rotatable bonds is 19. The number of aliphatic hydroxyl groups is 2. The second kappa shape index (κ2) is 20.1. The second-order valence-corrected chi connectivity index (χ2v) is 17.8. The molecule has 10 N–H and O–H groups in total. The van der Waals surface area contributed by atoms with E-state index in [-0.39, 0.29) is 39.3 Å². The Morgan fingerprint density at radius 3 is 1.49 bits per heavy atom. The van der Waals surface area contributed by atoms with Gasteiger partial charge in [0.2, 0.25) is 11.6 Å². The summed E-state index contributed by atoms with van der Waals surface area (Å²) in [5.74, 6) is -7.98. The zero-order valence-electron chi connectivity index (χ0n) is 34.5. The van der Waals surface area contributed by atoms with Gasteiger partial charge in [0.15, 0.2) is 11.4 Å². The Labute approximate surface area is 390 Å². The van der Waals surface area contributed by atoms with Crippen molar-refractivity contribution < 1.29 is 98.5 Å². The van der Waals surface area contributed by atoms with Crippen LogP contribution in [0.3, 0.4) is 0 Å². The lowest BCUT2D eigenvalue weighted by Gasteiger charge is -2.14. The summed E-state index contributed by atoms with van der Waals surface area (Å²) in [6.07, 6.45) is 0. The molecule has 0 bridgehead atoms. The third-order valence-electron chi connectivity index (χ3n) is 9.13. The molecule has 5 aromatic carbocycles. The number of aromatic carboxylic acids is 3. The Balaban J connectivity index is 1.48. The molecular formula is C38H30N8O21S3. The number of ether oxygens (including phenoxy) is 2. The lowest BCUT2D eigenvalue weighted by atomic mass is 10.1. The topological polar surface area (TPSA) is 466 Å². The average Bonchev–Trinajstić information content (AvgIpc) is 3.62. The Morgan fingerprint density at radius 1 is 0.557 bits per heavy atom. The van der Waals surface area contributed by atoms with Crippen LogP contribution in [0, 0.1) is 0 Å². The maximum absolute atomic E-state index is 12.9. The van der Waals surface area contributed by atoms with Crippen LogP contribution in [0.4, 0.5) is 34.1 Å². The number of aromatic nitrogens is 2. The summed E-state index contributed by atoms with van der Waals surface area (Å²) < 4.78 is 113. The lowest BCUT2D eigenvalue weighted by molar-refractivity contribution is 0.0681. The number of nitrogens with zero attached hydrogens (tertiary/aromatic N) is 8. The molecule has 0 atom stereocenters. The minimum atomic E-state index is -5.41. The highest BCUT2D eigenvalue weighted by atomic mass is 32.2. The number of hydrogen-bond acceptors (Lipinski definition) is 22. The van der Waals surface area contributed by atoms with Gasteiger partial charge in [-0.1, -0.05) is 12.1 Å². The summed E-state index contributed by atoms with van der Waals surface area (Å²) in [7, 11) is -15.1. The van der Waals surface area contributed by atoms with E-state index in [4.69, 9.17) is 9.47 Å². The standard InChI is InChI=1S/C38H30N8O21S3/c47-8-10-66-28-16-26(29(67-11-9-48)15-25(28)41-39-23-6-4-17(68(57,58)59)12-21(23)36(51)52)42-43-31-30(70(63,64)65)14-20-19(34(31)49)2-1-3-27(20)46-35(50)32(33(45-46)38(55)56)44-40-24-7-5-18(69(60,61)62)13-22(24)37(53)54/h1-7,12-16,47-50H,8-11H2,(H,51,52)(H,53,54)(H,55,56)(H,57,58,59)(H,60,61,62)(H,63,64,65). The number of carboxylic acids is 3. The van der Waals surface area contributed by atoms with Crippen LogP contribution in [0.5, 0.6) is 23.1 Å². The second-order valence-electron chi connectivity index (χ2n) is 13.6. The zero-order chi connectivity index (χ0) is 51.5. The number of aromatic hydroxyl groups is 2. The first-order chi connectivity index (χ1) is 32.8. The number of hydrogen-bond donors (Lipinski definition) is 10. The van der Waals surface area contributed by atoms with Gasteiger partial charge >= 0.3 is 17.9 Å². The lowest BCUT2D eigenvalue weighted by Crippen LogP contribution is -2.04. The van der Waals surface area contributed by atoms with Crippen molar-refractivity contribution in [3.05, 3.63) is 89.6 Å². The van der Waals surface area contributed by atoms with Crippen molar-refractivity contribution in [3.63, 3.8) is 0 Å². The number of carbonyl (C=O) groups is 3. The summed E-state index contributed by atoms with van der Waals surface area (Å²) in [4.78, 5) is 33.3. The highest BCUT2D eigenvalue weighted by Crippen LogP contribution is 2.47. The van der Waals surface area contributed by atoms with E-state index in [1.807, 2.05) is 0 Å². The Kier molecular flexibility index (Phi) is 14.6. The van der Waals surface area contributed by atoms with E-state index in [0.717, 1.165) is 48.5 Å². The highest BCUT2D eigenvalue weighted by Gasteiger charge is 2.29. The number of carboxylic acid groups (broad SMARTS) is 3. The van der Waals surface area contributed by atoms with Gasteiger partial charge in [-0.15, -0.1) is 30.7 Å². The summed E-state index contributed by atoms with van der Waals surface area (Å²) in [5.41, 5.74) is -6.44. The maximum Gasteiger partial charge on any atom is 0.358 e. The van der Waals surface area contributed by atoms with Crippen LogP contribution in [0.15, 0.2) is 118 Å². The van der Waals surface area contributed by atoms with Crippen molar-refractivity contribution in [2.24, 2.45) is 30.7 Å². The number of azo groups is 3. The number of aliphatic hydroxyl groups excluding tert-OH is 2. The van der Waals surface area contributed by atoms with Gasteiger partial charge in [0, 0.05) is 22.9 Å². The van der Waals surface area contributed by atoms with E-state index < -0.39 is 141 Å². The van der Waals surface area contributed by atoms with E-state index in [0.29, 0.717) is 16.8 Å². The van der Waals surface area contributed by atoms with Crippen molar-refractivity contribution >= 4 is 93.2 Å². The molecule has 6 aromatic rings. The van der Waals surface area contributed by atoms with Crippen LogP contribution in [0.2, 0.25) is 0 Å². The van der Waals surface area contributed by atoms with Crippen LogP contribution in [-0.4, -0.2) is 129 Å². The minimum absolute atomic E-state index is 0.271. The van der Waals surface area contributed by atoms with Crippen LogP contribution in [0.1, 0.15) is 31.2 Å². The molecule has 0 aliphatic heterocycles. The minimum Gasteiger partial charge on any atom is -0.505 e. The SMILES string of the molecule is O=C(O)c1cc(S(=O)(=O)O)ccc1N=Nc1cc(OCCO)c(N=Nc2c(S(=O)(=O)O)cc3c(-n4nc(C(=O)O)c(N=Nc5ccc(S(=O)(=O)O)cc5C(=O)O)c4O)cccc3c2O)cc1OCCO. The molecule has 29 nitrogen and oxygen atoms in total. The van der Waals surface area contributed by atoms with Crippen molar-refractivity contribution in [1.29, 1.82) is 0 Å². The molecule has 70 heavy (non-hydrogen) atoms. The third kappa shape index (κ3) is 11.0. The zero-order valence-corrected chi connectivity index (χ0v) is 37.0. The Morgan fingerprint density at radius 2 is 1.03 bits per heavy atom. The molecule has 0 fully saturated rings. The summed E-state index contributed by atoms with van der Waals surface area (Å²) >= 11 is 0. The molecule has 0 saturated heterocycles. The number of benzene rings is 5. The van der Waals surface area contributed by atoms with Gasteiger partial charge in [-0.3, -0.25) is 13.7 Å². The summed E-state index contributed by atoms with van der Waals surface area (Å²) in [6.45, 7) is -2.02. The monoisotopic (exact) mass is 1030 g/mol. The molecule has 0 spiro atoms. The Bertz CT molecular complexity index is 3580. The third-order valence-corrected chi connectivity index (χ3v) is 11.7. The molecule has 0 saturated carbocycles. The molecule has 0 aliphatic rings. The largest absolute Gasteiger partial charge is 0.505 e. The number of phenols is 1. The smallest absolute Gasteiger partial charge is 0.358 e. The molecule has 0 aliphatic carbocycles. The first-order valence-electron chi connectivity index (χ1n) is 18.8. The van der Waals surface area contributed by atoms with Gasteiger partial charge in [-0.05, 0) is 48.5 Å². The highest BCUT2D eigenvalue weighted by molar-refractivity contribution is 7.86. The van der Waals surface area contributed by atoms with Gasteiger partial charge in [0.05, 0.1) is 39.8 Å². The summed E-state index contributed by atoms with van der Waals surface area (Å²) in [5, 5.41) is 97.0. The quantitative estimate of drug-likeness (QED) is 0.0365. The predicted octanol–water partition coefficient (Wildman–Crippen LogP) is 5.26. The van der Waals surface area contributed by atoms with Gasteiger partial charge in [0.25, 0.3) is 30.4 Å². The normalized spacial score (nSPS) is 12.4. The molecular weight excluding hydrogens is 1000 g/mol. The van der Waals surface area contributed by atoms with Crippen molar-refractivity contribution in [1.82, 2.24) is 9.78 Å².